The van der Waals surface area contributed by atoms with Gasteiger partial charge in [0.2, 0.25) is 0 Å². The van der Waals surface area contributed by atoms with Crippen LogP contribution in [0.15, 0.2) is 35.7 Å². The van der Waals surface area contributed by atoms with E-state index in [1.165, 1.54) is 52.1 Å². The van der Waals surface area contributed by atoms with Gasteiger partial charge in [-0.25, -0.2) is 9.59 Å². The van der Waals surface area contributed by atoms with Crippen LogP contribution < -0.4 is 23.7 Å². The number of benzene rings is 2. The summed E-state index contributed by atoms with van der Waals surface area (Å²) in [6, 6.07) is 7.22. The molecule has 0 aliphatic carbocycles. The molecule has 0 radical (unpaired) electrons. The molecule has 2 aromatic carbocycles. The Morgan fingerprint density at radius 3 is 2.03 bits per heavy atom. The van der Waals surface area contributed by atoms with Crippen LogP contribution >= 0.6 is 0 Å². The van der Waals surface area contributed by atoms with Crippen molar-refractivity contribution in [2.75, 3.05) is 28.4 Å². The number of ether oxygens (including phenoxy) is 5. The number of esters is 1. The Bertz CT molecular complexity index is 1090. The molecule has 34 heavy (non-hydrogen) atoms. The minimum atomic E-state index is -4.75. The van der Waals surface area contributed by atoms with Crippen molar-refractivity contribution in [3.8, 4) is 28.7 Å². The Morgan fingerprint density at radius 1 is 0.941 bits per heavy atom. The van der Waals surface area contributed by atoms with Gasteiger partial charge in [-0.2, -0.15) is 8.78 Å². The van der Waals surface area contributed by atoms with Crippen LogP contribution in [0, 0.1) is 0 Å². The molecule has 2 rings (SSSR count). The Hall–Kier alpha value is -3.67. The van der Waals surface area contributed by atoms with E-state index in [9.17, 15) is 22.6 Å². The predicted octanol–water partition coefficient (Wildman–Crippen LogP) is 3.27. The van der Waals surface area contributed by atoms with Crippen LogP contribution in [0.3, 0.4) is 0 Å². The first-order valence-corrected chi connectivity index (χ1v) is 10.8. The zero-order chi connectivity index (χ0) is 25.5. The normalized spacial score (nSPS) is 12.2. The first-order chi connectivity index (χ1) is 16.1. The third-order valence-electron chi connectivity index (χ3n) is 4.40. The summed E-state index contributed by atoms with van der Waals surface area (Å²) < 4.78 is 64.8. The minimum Gasteiger partial charge on any atom is -0.496 e. The fraction of sp³-hybridized carbons (Fsp3) is 0.273. The lowest BCUT2D eigenvalue weighted by Crippen LogP contribution is -2.40. The summed E-state index contributed by atoms with van der Waals surface area (Å²) in [5.41, 5.74) is 0.860. The van der Waals surface area contributed by atoms with Gasteiger partial charge in [0, 0.05) is 17.5 Å². The molecule has 0 spiro atoms. The molecule has 12 heteroatoms. The molecule has 0 amide bonds. The molecule has 0 aliphatic heterocycles. The SMILES string of the molecule is COc1cc(OC)c(C=CS(=O)Cc2ccc(OC)c(OC(=O)C(F)(F)C(=O)O)c2)c(OC)c1. The lowest BCUT2D eigenvalue weighted by atomic mass is 10.1. The second kappa shape index (κ2) is 11.5. The van der Waals surface area contributed by atoms with Crippen LogP contribution in [-0.4, -0.2) is 55.6 Å². The van der Waals surface area contributed by atoms with Crippen molar-refractivity contribution in [3.63, 3.8) is 0 Å². The molecule has 0 heterocycles. The fourth-order valence-corrected chi connectivity index (χ4v) is 3.59. The van der Waals surface area contributed by atoms with Crippen molar-refractivity contribution in [1.29, 1.82) is 0 Å². The van der Waals surface area contributed by atoms with Gasteiger partial charge < -0.3 is 28.8 Å². The van der Waals surface area contributed by atoms with Gasteiger partial charge in [0.05, 0.1) is 50.6 Å². The summed E-state index contributed by atoms with van der Waals surface area (Å²) in [5.74, 6) is -8.95. The molecular formula is C22H22F2O9S. The Morgan fingerprint density at radius 2 is 1.53 bits per heavy atom. The van der Waals surface area contributed by atoms with Gasteiger partial charge in [-0.05, 0) is 23.8 Å². The molecule has 1 atom stereocenters. The second-order valence-electron chi connectivity index (χ2n) is 6.53. The Balaban J connectivity index is 2.26. The summed E-state index contributed by atoms with van der Waals surface area (Å²) in [6.45, 7) is 0. The first kappa shape index (κ1) is 26.6. The third-order valence-corrected chi connectivity index (χ3v) is 5.46. The molecule has 0 saturated carbocycles. The van der Waals surface area contributed by atoms with E-state index in [0.717, 1.165) is 6.07 Å². The first-order valence-electron chi connectivity index (χ1n) is 9.43. The van der Waals surface area contributed by atoms with E-state index in [0.29, 0.717) is 28.4 Å². The minimum absolute atomic E-state index is 0.0822. The number of aliphatic carboxylic acids is 1. The van der Waals surface area contributed by atoms with Gasteiger partial charge >= 0.3 is 17.9 Å². The maximum Gasteiger partial charge on any atom is 0.437 e. The summed E-state index contributed by atoms with van der Waals surface area (Å²) in [6.07, 6.45) is 1.53. The third kappa shape index (κ3) is 6.22. The number of rotatable bonds is 11. The highest BCUT2D eigenvalue weighted by Crippen LogP contribution is 2.35. The zero-order valence-corrected chi connectivity index (χ0v) is 19.4. The predicted molar refractivity (Wildman–Crippen MR) is 118 cm³/mol. The maximum absolute atomic E-state index is 13.4. The van der Waals surface area contributed by atoms with Crippen molar-refractivity contribution in [2.45, 2.75) is 11.7 Å². The maximum atomic E-state index is 13.4. The van der Waals surface area contributed by atoms with Crippen molar-refractivity contribution in [2.24, 2.45) is 0 Å². The summed E-state index contributed by atoms with van der Waals surface area (Å²) in [5, 5.41) is 9.87. The summed E-state index contributed by atoms with van der Waals surface area (Å²) >= 11 is 0. The van der Waals surface area contributed by atoms with Crippen LogP contribution in [0.4, 0.5) is 8.78 Å². The van der Waals surface area contributed by atoms with E-state index >= 15 is 0 Å². The van der Waals surface area contributed by atoms with E-state index in [-0.39, 0.29) is 11.5 Å². The standard InChI is InChI=1S/C22H22F2O9S/c1-29-14-10-17(31-3)15(18(11-14)32-4)7-8-34(28)12-13-5-6-16(30-2)19(9-13)33-21(27)22(23,24)20(25)26/h5-11H,12H2,1-4H3,(H,25,26). The van der Waals surface area contributed by atoms with E-state index in [2.05, 4.69) is 4.74 Å². The monoisotopic (exact) mass is 500 g/mol. The van der Waals surface area contributed by atoms with Crippen molar-refractivity contribution in [3.05, 3.63) is 46.9 Å². The van der Waals surface area contributed by atoms with Crippen molar-refractivity contribution >= 4 is 28.8 Å². The molecule has 1 N–H and O–H groups in total. The van der Waals surface area contributed by atoms with E-state index in [4.69, 9.17) is 24.1 Å². The number of hydrogen-bond donors (Lipinski definition) is 1. The van der Waals surface area contributed by atoms with Crippen molar-refractivity contribution < 1.29 is 51.4 Å². The highest BCUT2D eigenvalue weighted by molar-refractivity contribution is 7.87. The average Bonchev–Trinajstić information content (AvgIpc) is 2.82. The lowest BCUT2D eigenvalue weighted by molar-refractivity contribution is -0.180. The van der Waals surface area contributed by atoms with Crippen LogP contribution in [-0.2, 0) is 26.1 Å². The van der Waals surface area contributed by atoms with Crippen molar-refractivity contribution in [1.82, 2.24) is 0 Å². The molecule has 1 unspecified atom stereocenters. The topological polar surface area (TPSA) is 118 Å². The van der Waals surface area contributed by atoms with Gasteiger partial charge in [0.1, 0.15) is 17.2 Å². The van der Waals surface area contributed by atoms with E-state index < -0.39 is 34.4 Å². The average molecular weight is 500 g/mol. The number of carbonyl (C=O) groups is 2. The molecule has 2 aromatic rings. The Kier molecular flexibility index (Phi) is 8.96. The largest absolute Gasteiger partial charge is 0.496 e. The lowest BCUT2D eigenvalue weighted by Gasteiger charge is -2.14. The number of carboxylic acid groups (broad SMARTS) is 1. The molecule has 0 saturated heterocycles. The molecule has 0 fully saturated rings. The highest BCUT2D eigenvalue weighted by Gasteiger charge is 2.50. The number of carboxylic acids is 1. The number of alkyl halides is 2. The van der Waals surface area contributed by atoms with Crippen LogP contribution in [0.1, 0.15) is 11.1 Å². The highest BCUT2D eigenvalue weighted by atomic mass is 32.2. The van der Waals surface area contributed by atoms with Gasteiger partial charge in [-0.1, -0.05) is 6.07 Å². The van der Waals surface area contributed by atoms with Gasteiger partial charge in [-0.3, -0.25) is 4.21 Å². The van der Waals surface area contributed by atoms with Crippen LogP contribution in [0.2, 0.25) is 0 Å². The van der Waals surface area contributed by atoms with E-state index in [1.54, 1.807) is 12.1 Å². The zero-order valence-electron chi connectivity index (χ0n) is 18.6. The van der Waals surface area contributed by atoms with Gasteiger partial charge in [0.15, 0.2) is 11.5 Å². The van der Waals surface area contributed by atoms with E-state index in [1.807, 2.05) is 0 Å². The molecule has 0 aromatic heterocycles. The number of methoxy groups -OCH3 is 4. The number of halogens is 2. The quantitative estimate of drug-likeness (QED) is 0.282. The second-order valence-corrected chi connectivity index (χ2v) is 7.85. The number of hydrogen-bond acceptors (Lipinski definition) is 8. The molecular weight excluding hydrogens is 478 g/mol. The number of carbonyl (C=O) groups excluding carboxylic acids is 1. The van der Waals surface area contributed by atoms with Gasteiger partial charge in [0.25, 0.3) is 0 Å². The molecule has 184 valence electrons. The molecule has 0 aliphatic rings. The summed E-state index contributed by atoms with van der Waals surface area (Å²) in [7, 11) is 4.00. The molecule has 0 bridgehead atoms. The molecule has 9 nitrogen and oxygen atoms in total. The van der Waals surface area contributed by atoms with Crippen LogP contribution in [0.25, 0.3) is 6.08 Å². The smallest absolute Gasteiger partial charge is 0.437 e. The summed E-state index contributed by atoms with van der Waals surface area (Å²) in [4.78, 5) is 22.2. The van der Waals surface area contributed by atoms with Gasteiger partial charge in [-0.15, -0.1) is 0 Å². The fourth-order valence-electron chi connectivity index (χ4n) is 2.70. The van der Waals surface area contributed by atoms with Crippen LogP contribution in [0.5, 0.6) is 28.7 Å². The Labute approximate surface area is 196 Å².